The minimum Gasteiger partial charge on any atom is -0.307 e. The van der Waals surface area contributed by atoms with Gasteiger partial charge in [-0.25, -0.2) is 0 Å². The van der Waals surface area contributed by atoms with E-state index in [9.17, 15) is 0 Å². The highest BCUT2D eigenvalue weighted by atomic mass is 14.9. The molecule has 2 heterocycles. The number of nitrogens with zero attached hydrogens (tertiary/aromatic N) is 1. The summed E-state index contributed by atoms with van der Waals surface area (Å²) >= 11 is 0. The maximum Gasteiger partial charge on any atom is 0.0587 e. The summed E-state index contributed by atoms with van der Waals surface area (Å²) in [6.45, 7) is 1.88. The fraction of sp³-hybridized carbons (Fsp3) is 0.286. The van der Waals surface area contributed by atoms with Crippen LogP contribution in [0.1, 0.15) is 11.3 Å². The standard InChI is InChI=1S/C7H7N2/c1-2-6-4-8-5-7(6)9-3-1/h2-3,8H,4-5H2. The highest BCUT2D eigenvalue weighted by Gasteiger charge is 2.08. The van der Waals surface area contributed by atoms with Crippen molar-refractivity contribution >= 4 is 0 Å². The van der Waals surface area contributed by atoms with Crippen molar-refractivity contribution < 1.29 is 0 Å². The molecule has 0 amide bonds. The van der Waals surface area contributed by atoms with Gasteiger partial charge in [0.05, 0.1) is 5.69 Å². The molecule has 1 N–H and O–H groups in total. The van der Waals surface area contributed by atoms with E-state index in [1.807, 2.05) is 6.07 Å². The number of fused-ring (bicyclic) bond motifs is 1. The predicted octanol–water partition coefficient (Wildman–Crippen LogP) is 0.485. The fourth-order valence-electron chi connectivity index (χ4n) is 1.05. The Morgan fingerprint density at radius 3 is 3.44 bits per heavy atom. The van der Waals surface area contributed by atoms with Crippen molar-refractivity contribution in [3.8, 4) is 0 Å². The van der Waals surface area contributed by atoms with Crippen LogP contribution in [-0.2, 0) is 13.1 Å². The summed E-state index contributed by atoms with van der Waals surface area (Å²) in [6, 6.07) is 4.93. The predicted molar refractivity (Wildman–Crippen MR) is 33.6 cm³/mol. The Kier molecular flexibility index (Phi) is 0.993. The minimum absolute atomic E-state index is 0.921. The van der Waals surface area contributed by atoms with Crippen molar-refractivity contribution in [3.05, 3.63) is 29.6 Å². The first-order chi connectivity index (χ1) is 4.47. The molecule has 2 rings (SSSR count). The SMILES string of the molecule is [c]1cnc2c(c1)CNC2. The third-order valence-corrected chi connectivity index (χ3v) is 1.53. The first kappa shape index (κ1) is 4.94. The Morgan fingerprint density at radius 2 is 2.56 bits per heavy atom. The van der Waals surface area contributed by atoms with Gasteiger partial charge in [-0.15, -0.1) is 0 Å². The van der Waals surface area contributed by atoms with Crippen LogP contribution in [0.15, 0.2) is 12.3 Å². The Bertz CT molecular complexity index is 197. The number of nitrogens with one attached hydrogen (secondary N) is 1. The van der Waals surface area contributed by atoms with E-state index in [1.54, 1.807) is 6.20 Å². The number of rotatable bonds is 0. The molecular formula is C7H7N2. The van der Waals surface area contributed by atoms with E-state index in [0.717, 1.165) is 13.1 Å². The molecule has 45 valence electrons. The maximum absolute atomic E-state index is 4.14. The van der Waals surface area contributed by atoms with Gasteiger partial charge in [0, 0.05) is 25.4 Å². The quantitative estimate of drug-likeness (QED) is 0.537. The monoisotopic (exact) mass is 119 g/mol. The van der Waals surface area contributed by atoms with Gasteiger partial charge in [-0.3, -0.25) is 4.98 Å². The molecule has 0 spiro atoms. The first-order valence-electron chi connectivity index (χ1n) is 3.01. The molecule has 0 fully saturated rings. The molecule has 0 aliphatic carbocycles. The van der Waals surface area contributed by atoms with Gasteiger partial charge in [0.2, 0.25) is 0 Å². The van der Waals surface area contributed by atoms with Crippen LogP contribution in [0, 0.1) is 6.07 Å². The Labute approximate surface area is 53.9 Å². The van der Waals surface area contributed by atoms with Crippen LogP contribution in [0.3, 0.4) is 0 Å². The van der Waals surface area contributed by atoms with E-state index in [4.69, 9.17) is 0 Å². The van der Waals surface area contributed by atoms with Crippen molar-refractivity contribution in [3.63, 3.8) is 0 Å². The lowest BCUT2D eigenvalue weighted by molar-refractivity contribution is 0.757. The lowest BCUT2D eigenvalue weighted by atomic mass is 10.2. The van der Waals surface area contributed by atoms with E-state index in [-0.39, 0.29) is 0 Å². The van der Waals surface area contributed by atoms with Gasteiger partial charge in [0.25, 0.3) is 0 Å². The summed E-state index contributed by atoms with van der Waals surface area (Å²) in [5.74, 6) is 0. The summed E-state index contributed by atoms with van der Waals surface area (Å²) in [7, 11) is 0. The largest absolute Gasteiger partial charge is 0.307 e. The number of pyridine rings is 1. The topological polar surface area (TPSA) is 24.9 Å². The molecule has 1 aliphatic heterocycles. The molecule has 0 aromatic carbocycles. The summed E-state index contributed by atoms with van der Waals surface area (Å²) < 4.78 is 0. The van der Waals surface area contributed by atoms with E-state index >= 15 is 0 Å². The molecule has 9 heavy (non-hydrogen) atoms. The van der Waals surface area contributed by atoms with Crippen LogP contribution in [0.4, 0.5) is 0 Å². The van der Waals surface area contributed by atoms with Crippen molar-refractivity contribution in [2.24, 2.45) is 0 Å². The van der Waals surface area contributed by atoms with E-state index in [1.165, 1.54) is 11.3 Å². The summed E-state index contributed by atoms with van der Waals surface area (Å²) in [4.78, 5) is 4.14. The van der Waals surface area contributed by atoms with Gasteiger partial charge < -0.3 is 5.32 Å². The van der Waals surface area contributed by atoms with Gasteiger partial charge in [-0.05, 0) is 11.6 Å². The fourth-order valence-corrected chi connectivity index (χ4v) is 1.05. The Morgan fingerprint density at radius 1 is 1.56 bits per heavy atom. The maximum atomic E-state index is 4.14. The first-order valence-corrected chi connectivity index (χ1v) is 3.01. The van der Waals surface area contributed by atoms with Gasteiger partial charge in [0.15, 0.2) is 0 Å². The van der Waals surface area contributed by atoms with Gasteiger partial charge in [-0.1, -0.05) is 0 Å². The lowest BCUT2D eigenvalue weighted by Gasteiger charge is -1.90. The van der Waals surface area contributed by atoms with Crippen molar-refractivity contribution in [1.29, 1.82) is 0 Å². The molecule has 1 aromatic heterocycles. The summed E-state index contributed by atoms with van der Waals surface area (Å²) in [5, 5.41) is 3.21. The number of hydrogen-bond acceptors (Lipinski definition) is 2. The zero-order chi connectivity index (χ0) is 6.10. The van der Waals surface area contributed by atoms with E-state index < -0.39 is 0 Å². The number of aromatic nitrogens is 1. The highest BCUT2D eigenvalue weighted by molar-refractivity contribution is 5.22. The minimum atomic E-state index is 0.921. The van der Waals surface area contributed by atoms with E-state index in [2.05, 4.69) is 16.4 Å². The molecule has 1 radical (unpaired) electrons. The number of hydrogen-bond donors (Lipinski definition) is 1. The van der Waals surface area contributed by atoms with Gasteiger partial charge in [-0.2, -0.15) is 0 Å². The second-order valence-corrected chi connectivity index (χ2v) is 2.14. The second-order valence-electron chi connectivity index (χ2n) is 2.14. The van der Waals surface area contributed by atoms with Gasteiger partial charge >= 0.3 is 0 Å². The van der Waals surface area contributed by atoms with Crippen LogP contribution in [0.2, 0.25) is 0 Å². The molecule has 0 atom stereocenters. The summed E-state index contributed by atoms with van der Waals surface area (Å²) in [5.41, 5.74) is 2.46. The average molecular weight is 119 g/mol. The van der Waals surface area contributed by atoms with E-state index in [0.29, 0.717) is 0 Å². The lowest BCUT2D eigenvalue weighted by Crippen LogP contribution is -2.00. The molecule has 1 aromatic rings. The molecule has 2 nitrogen and oxygen atoms in total. The van der Waals surface area contributed by atoms with Crippen LogP contribution in [0.25, 0.3) is 0 Å². The zero-order valence-corrected chi connectivity index (χ0v) is 5.02. The van der Waals surface area contributed by atoms with Crippen LogP contribution >= 0.6 is 0 Å². The van der Waals surface area contributed by atoms with Crippen LogP contribution in [-0.4, -0.2) is 4.98 Å². The highest BCUT2D eigenvalue weighted by Crippen LogP contribution is 2.09. The Hall–Kier alpha value is -0.890. The third-order valence-electron chi connectivity index (χ3n) is 1.53. The van der Waals surface area contributed by atoms with Crippen molar-refractivity contribution in [2.75, 3.05) is 0 Å². The molecule has 0 saturated heterocycles. The molecule has 2 heteroatoms. The summed E-state index contributed by atoms with van der Waals surface area (Å²) in [6.07, 6.45) is 1.71. The second kappa shape index (κ2) is 1.81. The van der Waals surface area contributed by atoms with Crippen LogP contribution < -0.4 is 5.32 Å². The molecule has 1 aliphatic rings. The normalized spacial score (nSPS) is 15.6. The molecular weight excluding hydrogens is 112 g/mol. The van der Waals surface area contributed by atoms with Crippen molar-refractivity contribution in [2.45, 2.75) is 13.1 Å². The zero-order valence-electron chi connectivity index (χ0n) is 5.02. The Balaban J connectivity index is 2.54. The molecule has 0 bridgehead atoms. The third kappa shape index (κ3) is 0.715. The van der Waals surface area contributed by atoms with Crippen LogP contribution in [0.5, 0.6) is 0 Å². The average Bonchev–Trinajstić information content (AvgIpc) is 2.33. The smallest absolute Gasteiger partial charge is 0.0587 e. The van der Waals surface area contributed by atoms with Crippen molar-refractivity contribution in [1.82, 2.24) is 10.3 Å². The van der Waals surface area contributed by atoms with Gasteiger partial charge in [0.1, 0.15) is 0 Å². The molecule has 0 unspecified atom stereocenters. The molecule has 0 saturated carbocycles.